The van der Waals surface area contributed by atoms with E-state index >= 15 is 0 Å². The lowest BCUT2D eigenvalue weighted by Gasteiger charge is -2.36. The van der Waals surface area contributed by atoms with Gasteiger partial charge in [-0.15, -0.1) is 0 Å². The van der Waals surface area contributed by atoms with Crippen LogP contribution in [-0.4, -0.2) is 48.0 Å². The van der Waals surface area contributed by atoms with Gasteiger partial charge in [0.25, 0.3) is 0 Å². The highest BCUT2D eigenvalue weighted by molar-refractivity contribution is 7.80. The molecule has 0 saturated carbocycles. The summed E-state index contributed by atoms with van der Waals surface area (Å²) < 4.78 is 5.66. The largest absolute Gasteiger partial charge is 0.372 e. The van der Waals surface area contributed by atoms with Crippen LogP contribution in [0, 0.1) is 0 Å². The van der Waals surface area contributed by atoms with Crippen LogP contribution in [0.4, 0.5) is 4.79 Å². The molecule has 0 aromatic heterocycles. The number of hydrogen-bond acceptors (Lipinski definition) is 3. The molecule has 3 atom stereocenters. The predicted octanol–water partition coefficient (Wildman–Crippen LogP) is 2.35. The predicted molar refractivity (Wildman–Crippen MR) is 87.9 cm³/mol. The summed E-state index contributed by atoms with van der Waals surface area (Å²) in [7, 11) is 0. The molecule has 1 N–H and O–H groups in total. The number of carbonyl (C=O) groups is 1. The molecule has 1 heterocycles. The maximum absolute atomic E-state index is 12.4. The monoisotopic (exact) mass is 308 g/mol. The molecule has 1 saturated heterocycles. The topological polar surface area (TPSA) is 41.6 Å². The van der Waals surface area contributed by atoms with Crippen molar-refractivity contribution in [2.45, 2.75) is 38.5 Å². The summed E-state index contributed by atoms with van der Waals surface area (Å²) in [5.74, 6) is 0.621. The fourth-order valence-corrected chi connectivity index (χ4v) is 2.89. The van der Waals surface area contributed by atoms with Gasteiger partial charge in [0, 0.05) is 24.9 Å². The molecule has 5 heteroatoms. The Morgan fingerprint density at radius 1 is 1.33 bits per heavy atom. The van der Waals surface area contributed by atoms with Crippen LogP contribution in [0.1, 0.15) is 19.4 Å². The van der Waals surface area contributed by atoms with E-state index in [4.69, 9.17) is 4.74 Å². The fraction of sp³-hybridized carbons (Fsp3) is 0.562. The molecule has 116 valence electrons. The lowest BCUT2D eigenvalue weighted by atomic mass is 10.1. The highest BCUT2D eigenvalue weighted by Crippen LogP contribution is 2.11. The van der Waals surface area contributed by atoms with Gasteiger partial charge in [-0.3, -0.25) is 0 Å². The normalized spacial score (nSPS) is 23.7. The Kier molecular flexibility index (Phi) is 5.94. The third kappa shape index (κ3) is 4.93. The second-order valence-corrected chi connectivity index (χ2v) is 6.05. The second-order valence-electron chi connectivity index (χ2n) is 5.68. The lowest BCUT2D eigenvalue weighted by molar-refractivity contribution is -0.0547. The minimum absolute atomic E-state index is 0.0213. The number of thiol groups is 1. The first-order chi connectivity index (χ1) is 10.1. The SMILES string of the molecule is C[C@@H]1CN(C(=O)NC(CS)Cc2ccccc2)C[C@H](C)O1. The molecule has 2 amide bonds. The number of hydrogen-bond donors (Lipinski definition) is 2. The number of rotatable bonds is 4. The summed E-state index contributed by atoms with van der Waals surface area (Å²) >= 11 is 4.36. The first kappa shape index (κ1) is 16.2. The second kappa shape index (κ2) is 7.71. The molecule has 0 bridgehead atoms. The molecule has 0 aliphatic carbocycles. The molecule has 0 radical (unpaired) electrons. The summed E-state index contributed by atoms with van der Waals surface area (Å²) in [5.41, 5.74) is 1.21. The van der Waals surface area contributed by atoms with Crippen LogP contribution in [-0.2, 0) is 11.2 Å². The van der Waals surface area contributed by atoms with Gasteiger partial charge in [0.1, 0.15) is 0 Å². The molecule has 1 aromatic rings. The molecular formula is C16H24N2O2S. The van der Waals surface area contributed by atoms with Crippen molar-refractivity contribution in [2.24, 2.45) is 0 Å². The van der Waals surface area contributed by atoms with E-state index in [1.165, 1.54) is 5.56 Å². The van der Waals surface area contributed by atoms with E-state index in [1.807, 2.05) is 36.9 Å². The molecule has 21 heavy (non-hydrogen) atoms. The van der Waals surface area contributed by atoms with Gasteiger partial charge in [-0.25, -0.2) is 4.79 Å². The number of urea groups is 1. The zero-order valence-corrected chi connectivity index (χ0v) is 13.6. The van der Waals surface area contributed by atoms with Crippen molar-refractivity contribution in [3.05, 3.63) is 35.9 Å². The molecule has 2 rings (SSSR count). The number of nitrogens with zero attached hydrogens (tertiary/aromatic N) is 1. The summed E-state index contributed by atoms with van der Waals surface area (Å²) in [6.07, 6.45) is 0.970. The van der Waals surface area contributed by atoms with E-state index < -0.39 is 0 Å². The first-order valence-corrected chi connectivity index (χ1v) is 8.07. The van der Waals surface area contributed by atoms with Gasteiger partial charge in [-0.1, -0.05) is 30.3 Å². The Morgan fingerprint density at radius 2 is 1.95 bits per heavy atom. The molecule has 1 unspecified atom stereocenters. The number of ether oxygens (including phenoxy) is 1. The Balaban J connectivity index is 1.90. The van der Waals surface area contributed by atoms with E-state index in [1.54, 1.807) is 0 Å². The zero-order valence-electron chi connectivity index (χ0n) is 12.7. The molecule has 4 nitrogen and oxygen atoms in total. The third-order valence-corrected chi connectivity index (χ3v) is 4.02. The number of amides is 2. The van der Waals surface area contributed by atoms with Gasteiger partial charge < -0.3 is 15.0 Å². The van der Waals surface area contributed by atoms with Crippen LogP contribution in [0.25, 0.3) is 0 Å². The van der Waals surface area contributed by atoms with E-state index in [0.29, 0.717) is 18.8 Å². The maximum atomic E-state index is 12.4. The number of benzene rings is 1. The zero-order chi connectivity index (χ0) is 15.2. The van der Waals surface area contributed by atoms with Crippen molar-refractivity contribution in [3.8, 4) is 0 Å². The van der Waals surface area contributed by atoms with Crippen molar-refractivity contribution >= 4 is 18.7 Å². The van der Waals surface area contributed by atoms with Crippen LogP contribution in [0.15, 0.2) is 30.3 Å². The Hall–Kier alpha value is -1.20. The Bertz CT molecular complexity index is 445. The number of nitrogens with one attached hydrogen (secondary N) is 1. The molecule has 1 aliphatic rings. The van der Waals surface area contributed by atoms with Gasteiger partial charge in [0.2, 0.25) is 0 Å². The molecular weight excluding hydrogens is 284 g/mol. The highest BCUT2D eigenvalue weighted by atomic mass is 32.1. The highest BCUT2D eigenvalue weighted by Gasteiger charge is 2.26. The summed E-state index contributed by atoms with van der Waals surface area (Å²) in [6, 6.07) is 10.2. The van der Waals surface area contributed by atoms with Crippen LogP contribution in [0.3, 0.4) is 0 Å². The van der Waals surface area contributed by atoms with E-state index in [-0.39, 0.29) is 24.3 Å². The summed E-state index contributed by atoms with van der Waals surface area (Å²) in [4.78, 5) is 14.2. The minimum Gasteiger partial charge on any atom is -0.372 e. The standard InChI is InChI=1S/C16H24N2O2S/c1-12-9-18(10-13(2)20-12)16(19)17-15(11-21)8-14-6-4-3-5-7-14/h3-7,12-13,15,21H,8-11H2,1-2H3,(H,17,19)/t12-,13+,15?. The average Bonchev–Trinajstić information content (AvgIpc) is 2.46. The summed E-state index contributed by atoms with van der Waals surface area (Å²) in [5, 5.41) is 3.08. The van der Waals surface area contributed by atoms with Crippen LogP contribution in [0.2, 0.25) is 0 Å². The molecule has 1 aromatic carbocycles. The van der Waals surface area contributed by atoms with E-state index in [9.17, 15) is 4.79 Å². The van der Waals surface area contributed by atoms with Crippen molar-refractivity contribution in [1.82, 2.24) is 10.2 Å². The van der Waals surface area contributed by atoms with Gasteiger partial charge in [0.05, 0.1) is 12.2 Å². The van der Waals surface area contributed by atoms with Gasteiger partial charge in [-0.05, 0) is 25.8 Å². The quantitative estimate of drug-likeness (QED) is 0.838. The average molecular weight is 308 g/mol. The van der Waals surface area contributed by atoms with Crippen molar-refractivity contribution in [1.29, 1.82) is 0 Å². The Morgan fingerprint density at radius 3 is 2.52 bits per heavy atom. The number of morpholine rings is 1. The van der Waals surface area contributed by atoms with E-state index in [0.717, 1.165) is 6.42 Å². The smallest absolute Gasteiger partial charge is 0.317 e. The summed E-state index contributed by atoms with van der Waals surface area (Å²) in [6.45, 7) is 5.27. The van der Waals surface area contributed by atoms with Crippen molar-refractivity contribution < 1.29 is 9.53 Å². The van der Waals surface area contributed by atoms with Gasteiger partial charge in [0.15, 0.2) is 0 Å². The van der Waals surface area contributed by atoms with E-state index in [2.05, 4.69) is 30.1 Å². The van der Waals surface area contributed by atoms with Crippen molar-refractivity contribution in [2.75, 3.05) is 18.8 Å². The van der Waals surface area contributed by atoms with Crippen LogP contribution < -0.4 is 5.32 Å². The van der Waals surface area contributed by atoms with Crippen LogP contribution >= 0.6 is 12.6 Å². The maximum Gasteiger partial charge on any atom is 0.317 e. The number of carbonyl (C=O) groups excluding carboxylic acids is 1. The molecule has 1 fully saturated rings. The van der Waals surface area contributed by atoms with Crippen LogP contribution in [0.5, 0.6) is 0 Å². The third-order valence-electron chi connectivity index (χ3n) is 3.58. The minimum atomic E-state index is -0.0213. The first-order valence-electron chi connectivity index (χ1n) is 7.44. The van der Waals surface area contributed by atoms with Gasteiger partial charge >= 0.3 is 6.03 Å². The molecule has 1 aliphatic heterocycles. The van der Waals surface area contributed by atoms with Gasteiger partial charge in [-0.2, -0.15) is 12.6 Å². The molecule has 0 spiro atoms. The van der Waals surface area contributed by atoms with Crippen molar-refractivity contribution in [3.63, 3.8) is 0 Å². The lowest BCUT2D eigenvalue weighted by Crippen LogP contribution is -2.54. The Labute approximate surface area is 132 Å². The fourth-order valence-electron chi connectivity index (χ4n) is 2.67.